The smallest absolute Gasteiger partial charge is 0.147 e. The van der Waals surface area contributed by atoms with Crippen LogP contribution in [-0.4, -0.2) is 19.2 Å². The molecule has 2 nitrogen and oxygen atoms in total. The second-order valence-electron chi connectivity index (χ2n) is 2.90. The molecule has 0 aliphatic heterocycles. The minimum atomic E-state index is 0.326. The first kappa shape index (κ1) is 8.08. The van der Waals surface area contributed by atoms with E-state index in [0.717, 1.165) is 6.54 Å². The Morgan fingerprint density at radius 1 is 1.18 bits per heavy atom. The van der Waals surface area contributed by atoms with Gasteiger partial charge in [-0.25, -0.2) is 0 Å². The lowest BCUT2D eigenvalue weighted by molar-refractivity contribution is 0.474. The van der Waals surface area contributed by atoms with Crippen LogP contribution in [0.5, 0.6) is 5.75 Å². The van der Waals surface area contributed by atoms with Crippen LogP contribution in [-0.2, 0) is 6.54 Å². The molecule has 0 aliphatic carbocycles. The van der Waals surface area contributed by atoms with Crippen LogP contribution in [0.2, 0.25) is 0 Å². The summed E-state index contributed by atoms with van der Waals surface area (Å²) in [4.78, 5) is 2.09. The van der Waals surface area contributed by atoms with Crippen LogP contribution >= 0.6 is 0 Å². The van der Waals surface area contributed by atoms with Crippen LogP contribution in [0.4, 0.5) is 0 Å². The molecule has 0 unspecified atom stereocenters. The van der Waals surface area contributed by atoms with E-state index in [1.165, 1.54) is 5.56 Å². The van der Waals surface area contributed by atoms with Gasteiger partial charge in [0.25, 0.3) is 0 Å². The number of phenols is 1. The highest BCUT2D eigenvalue weighted by molar-refractivity contribution is 5.25. The van der Waals surface area contributed by atoms with Crippen molar-refractivity contribution in [2.45, 2.75) is 6.54 Å². The number of rotatable bonds is 2. The van der Waals surface area contributed by atoms with Crippen LogP contribution in [0.15, 0.2) is 24.3 Å². The fourth-order valence-corrected chi connectivity index (χ4v) is 0.967. The lowest BCUT2D eigenvalue weighted by Crippen LogP contribution is -2.17. The zero-order valence-electron chi connectivity index (χ0n) is 6.91. The van der Waals surface area contributed by atoms with Crippen LogP contribution in [0.25, 0.3) is 0 Å². The Morgan fingerprint density at radius 2 is 1.73 bits per heavy atom. The van der Waals surface area contributed by atoms with E-state index < -0.39 is 0 Å². The molecule has 0 atom stereocenters. The van der Waals surface area contributed by atoms with Gasteiger partial charge in [0.15, 0.2) is 0 Å². The quantitative estimate of drug-likeness (QED) is 0.633. The largest absolute Gasteiger partial charge is 0.508 e. The van der Waals surface area contributed by atoms with E-state index in [4.69, 9.17) is 5.11 Å². The minimum Gasteiger partial charge on any atom is -0.508 e. The molecule has 0 bridgehead atoms. The molecule has 0 aromatic heterocycles. The van der Waals surface area contributed by atoms with E-state index in [9.17, 15) is 0 Å². The van der Waals surface area contributed by atoms with Gasteiger partial charge in [-0.05, 0) is 24.3 Å². The average molecular weight is 151 g/mol. The molecule has 0 spiro atoms. The minimum absolute atomic E-state index is 0.326. The number of nitrogens with zero attached hydrogens (tertiary/aromatic N) is 1. The fraction of sp³-hybridized carbons (Fsp3) is 0.333. The van der Waals surface area contributed by atoms with Gasteiger partial charge in [0.2, 0.25) is 0 Å². The van der Waals surface area contributed by atoms with Crippen LogP contribution in [0.3, 0.4) is 0 Å². The Morgan fingerprint density at radius 3 is 2.18 bits per heavy atom. The highest BCUT2D eigenvalue weighted by atomic mass is 16.3. The van der Waals surface area contributed by atoms with Crippen molar-refractivity contribution in [2.75, 3.05) is 14.1 Å². The van der Waals surface area contributed by atoms with Gasteiger partial charge in [-0.3, -0.25) is 0 Å². The highest BCUT2D eigenvalue weighted by Crippen LogP contribution is 2.09. The topological polar surface area (TPSA) is 26.1 Å². The summed E-state index contributed by atoms with van der Waals surface area (Å²) < 4.78 is 0. The summed E-state index contributed by atoms with van der Waals surface area (Å²) in [5.41, 5.74) is 1.22. The van der Waals surface area contributed by atoms with Gasteiger partial charge in [-0.1, -0.05) is 0 Å². The Bertz CT molecular complexity index is 216. The van der Waals surface area contributed by atoms with E-state index in [1.807, 2.05) is 26.2 Å². The molecule has 0 aliphatic rings. The average Bonchev–Trinajstić information content (AvgIpc) is 1.93. The monoisotopic (exact) mass is 151 g/mol. The number of hydrogen-bond donors (Lipinski definition) is 1. The number of benzene rings is 1. The molecular weight excluding hydrogens is 138 g/mol. The molecule has 1 aromatic carbocycles. The van der Waals surface area contributed by atoms with Gasteiger partial charge < -0.3 is 5.11 Å². The summed E-state index contributed by atoms with van der Waals surface area (Å²) in [5.74, 6) is 0.326. The van der Waals surface area contributed by atoms with Gasteiger partial charge in [-0.2, -0.15) is 4.90 Å². The first-order chi connectivity index (χ1) is 5.18. The van der Waals surface area contributed by atoms with Crippen molar-refractivity contribution in [3.63, 3.8) is 0 Å². The van der Waals surface area contributed by atoms with E-state index >= 15 is 0 Å². The molecule has 1 aromatic rings. The predicted octanol–water partition coefficient (Wildman–Crippen LogP) is 1.29. The Hall–Kier alpha value is -1.02. The third-order valence-corrected chi connectivity index (χ3v) is 1.44. The van der Waals surface area contributed by atoms with Crippen molar-refractivity contribution < 1.29 is 5.11 Å². The maximum atomic E-state index is 8.98. The third kappa shape index (κ3) is 2.60. The number of hydrogen-bond acceptors (Lipinski definition) is 2. The molecule has 0 fully saturated rings. The summed E-state index contributed by atoms with van der Waals surface area (Å²) in [6.07, 6.45) is 0. The molecule has 0 saturated carbocycles. The van der Waals surface area contributed by atoms with Gasteiger partial charge in [-0.15, -0.1) is 0 Å². The van der Waals surface area contributed by atoms with Crippen LogP contribution < -0.4 is 4.90 Å². The van der Waals surface area contributed by atoms with Crippen molar-refractivity contribution in [3.8, 4) is 5.75 Å². The SMILES string of the molecule is C[N+](C)Cc1ccc(O)cc1. The van der Waals surface area contributed by atoms with E-state index in [2.05, 4.69) is 4.90 Å². The first-order valence-electron chi connectivity index (χ1n) is 3.61. The molecule has 1 N–H and O–H groups in total. The normalized spacial score (nSPS) is 10.5. The molecule has 0 saturated heterocycles. The predicted molar refractivity (Wildman–Crippen MR) is 45.8 cm³/mol. The van der Waals surface area contributed by atoms with Crippen LogP contribution in [0.1, 0.15) is 5.56 Å². The lowest BCUT2D eigenvalue weighted by atomic mass is 10.2. The second-order valence-corrected chi connectivity index (χ2v) is 2.90. The summed E-state index contributed by atoms with van der Waals surface area (Å²) in [7, 11) is 4.04. The Labute approximate surface area is 67.1 Å². The van der Waals surface area contributed by atoms with Gasteiger partial charge >= 0.3 is 0 Å². The Kier molecular flexibility index (Phi) is 2.49. The lowest BCUT2D eigenvalue weighted by Gasteiger charge is -2.00. The fourth-order valence-electron chi connectivity index (χ4n) is 0.967. The first-order valence-corrected chi connectivity index (χ1v) is 3.61. The Balaban J connectivity index is 2.66. The number of aromatic hydroxyl groups is 1. The van der Waals surface area contributed by atoms with E-state index in [1.54, 1.807) is 12.1 Å². The molecule has 11 heavy (non-hydrogen) atoms. The van der Waals surface area contributed by atoms with Crippen molar-refractivity contribution in [1.29, 1.82) is 0 Å². The van der Waals surface area contributed by atoms with Crippen molar-refractivity contribution in [2.24, 2.45) is 0 Å². The number of phenolic OH excluding ortho intramolecular Hbond substituents is 1. The van der Waals surface area contributed by atoms with E-state index in [-0.39, 0.29) is 0 Å². The van der Waals surface area contributed by atoms with Crippen LogP contribution in [0, 0.1) is 0 Å². The van der Waals surface area contributed by atoms with Gasteiger partial charge in [0, 0.05) is 5.56 Å². The summed E-state index contributed by atoms with van der Waals surface area (Å²) in [6.45, 7) is 0.917. The zero-order valence-corrected chi connectivity index (χ0v) is 6.91. The van der Waals surface area contributed by atoms with Crippen molar-refractivity contribution in [3.05, 3.63) is 29.8 Å². The molecule has 1 radical (unpaired) electrons. The summed E-state index contributed by atoms with van der Waals surface area (Å²) in [6, 6.07) is 7.27. The van der Waals surface area contributed by atoms with Gasteiger partial charge in [0.05, 0.1) is 0 Å². The van der Waals surface area contributed by atoms with E-state index in [0.29, 0.717) is 5.75 Å². The molecule has 0 heterocycles. The molecule has 2 heteroatoms. The standard InChI is InChI=1S/C9H13NO/c1-10(2)7-8-3-5-9(11)6-4-8/h3-6,11H,7H2,1-2H3/q+1. The van der Waals surface area contributed by atoms with Crippen molar-refractivity contribution in [1.82, 2.24) is 4.90 Å². The second kappa shape index (κ2) is 3.39. The molecular formula is C9H13NO+. The molecule has 59 valence electrons. The maximum absolute atomic E-state index is 8.98. The third-order valence-electron chi connectivity index (χ3n) is 1.44. The summed E-state index contributed by atoms with van der Waals surface area (Å²) in [5, 5.41) is 8.98. The summed E-state index contributed by atoms with van der Waals surface area (Å²) >= 11 is 0. The molecule has 0 amide bonds. The zero-order chi connectivity index (χ0) is 8.27. The maximum Gasteiger partial charge on any atom is 0.147 e. The highest BCUT2D eigenvalue weighted by Gasteiger charge is 2.00. The molecule has 1 rings (SSSR count). The van der Waals surface area contributed by atoms with Crippen molar-refractivity contribution >= 4 is 0 Å². The van der Waals surface area contributed by atoms with Gasteiger partial charge in [0.1, 0.15) is 26.4 Å².